The summed E-state index contributed by atoms with van der Waals surface area (Å²) in [5, 5.41) is 2.75. The number of amides is 1. The molecule has 8 heteroatoms. The van der Waals surface area contributed by atoms with Crippen LogP contribution >= 0.6 is 0 Å². The van der Waals surface area contributed by atoms with Crippen molar-refractivity contribution in [2.24, 2.45) is 0 Å². The maximum atomic E-state index is 13.3. The molecule has 2 aromatic rings. The molecule has 6 nitrogen and oxygen atoms in total. The third kappa shape index (κ3) is 2.74. The molecule has 1 aromatic heterocycles. The number of carbonyl (C=O) groups excluding carboxylic acids is 2. The Morgan fingerprint density at radius 2 is 2.09 bits per heavy atom. The first kappa shape index (κ1) is 14.7. The van der Waals surface area contributed by atoms with Crippen molar-refractivity contribution in [1.29, 1.82) is 0 Å². The summed E-state index contributed by atoms with van der Waals surface area (Å²) in [6, 6.07) is 3.34. The molecule has 1 saturated heterocycles. The van der Waals surface area contributed by atoms with Crippen LogP contribution in [0.3, 0.4) is 0 Å². The molecule has 1 aliphatic rings. The van der Waals surface area contributed by atoms with Crippen LogP contribution in [0.15, 0.2) is 24.4 Å². The van der Waals surface area contributed by atoms with Crippen LogP contribution < -0.4 is 5.32 Å². The van der Waals surface area contributed by atoms with E-state index < -0.39 is 33.4 Å². The van der Waals surface area contributed by atoms with E-state index in [9.17, 15) is 22.4 Å². The lowest BCUT2D eigenvalue weighted by molar-refractivity contribution is -0.117. The first-order valence-electron chi connectivity index (χ1n) is 6.68. The van der Waals surface area contributed by atoms with Gasteiger partial charge in [-0.1, -0.05) is 0 Å². The van der Waals surface area contributed by atoms with Gasteiger partial charge in [-0.25, -0.2) is 12.8 Å². The zero-order chi connectivity index (χ0) is 15.9. The third-order valence-electron chi connectivity index (χ3n) is 3.66. The molecule has 0 saturated carbocycles. The summed E-state index contributed by atoms with van der Waals surface area (Å²) in [5.74, 6) is -2.37. The van der Waals surface area contributed by atoms with Crippen molar-refractivity contribution in [1.82, 2.24) is 10.3 Å². The fourth-order valence-corrected chi connectivity index (χ4v) is 4.24. The first-order chi connectivity index (χ1) is 10.4. The van der Waals surface area contributed by atoms with Gasteiger partial charge in [-0.2, -0.15) is 0 Å². The van der Waals surface area contributed by atoms with E-state index in [-0.39, 0.29) is 17.1 Å². The summed E-state index contributed by atoms with van der Waals surface area (Å²) in [7, 11) is -3.14. The molecular formula is C14H13FN2O4S. The molecule has 116 valence electrons. The molecule has 1 aliphatic heterocycles. The van der Waals surface area contributed by atoms with E-state index in [0.29, 0.717) is 17.3 Å². The van der Waals surface area contributed by atoms with Crippen LogP contribution in [0.5, 0.6) is 0 Å². The highest BCUT2D eigenvalue weighted by atomic mass is 32.2. The molecule has 0 aliphatic carbocycles. The highest BCUT2D eigenvalue weighted by molar-refractivity contribution is 7.91. The van der Waals surface area contributed by atoms with Gasteiger partial charge in [0.1, 0.15) is 5.82 Å². The number of ketones is 1. The zero-order valence-electron chi connectivity index (χ0n) is 11.4. The third-order valence-corrected chi connectivity index (χ3v) is 5.43. The second kappa shape index (κ2) is 5.20. The van der Waals surface area contributed by atoms with Crippen LogP contribution in [-0.4, -0.2) is 42.6 Å². The summed E-state index contributed by atoms with van der Waals surface area (Å²) in [5.41, 5.74) is 0.605. The minimum atomic E-state index is -3.14. The summed E-state index contributed by atoms with van der Waals surface area (Å²) < 4.78 is 36.0. The van der Waals surface area contributed by atoms with E-state index in [2.05, 4.69) is 10.3 Å². The van der Waals surface area contributed by atoms with E-state index in [1.807, 2.05) is 0 Å². The highest BCUT2D eigenvalue weighted by Gasteiger charge is 2.31. The summed E-state index contributed by atoms with van der Waals surface area (Å²) in [4.78, 5) is 26.9. The predicted octanol–water partition coefficient (Wildman–Crippen LogP) is 0.793. The SMILES string of the molecule is O=C(NC1CCS(=O)(=O)C1)C(=O)c1c[nH]c2ccc(F)cc12. The van der Waals surface area contributed by atoms with Gasteiger partial charge in [0.05, 0.1) is 17.1 Å². The number of rotatable bonds is 3. The van der Waals surface area contributed by atoms with Gasteiger partial charge in [-0.15, -0.1) is 0 Å². The second-order valence-corrected chi connectivity index (χ2v) is 7.52. The van der Waals surface area contributed by atoms with Crippen LogP contribution in [0.25, 0.3) is 10.9 Å². The summed E-state index contributed by atoms with van der Waals surface area (Å²) in [6.45, 7) is 0. The van der Waals surface area contributed by atoms with Crippen molar-refractivity contribution in [3.63, 3.8) is 0 Å². The topological polar surface area (TPSA) is 96.1 Å². The van der Waals surface area contributed by atoms with Crippen molar-refractivity contribution in [3.05, 3.63) is 35.8 Å². The van der Waals surface area contributed by atoms with Gasteiger partial charge in [0.15, 0.2) is 9.84 Å². The number of hydrogen-bond donors (Lipinski definition) is 2. The molecule has 1 amide bonds. The average molecular weight is 324 g/mol. The van der Waals surface area contributed by atoms with Crippen molar-refractivity contribution in [2.45, 2.75) is 12.5 Å². The Bertz CT molecular complexity index is 872. The van der Waals surface area contributed by atoms with Crippen molar-refractivity contribution in [3.8, 4) is 0 Å². The Labute approximate surface area is 125 Å². The quantitative estimate of drug-likeness (QED) is 0.644. The zero-order valence-corrected chi connectivity index (χ0v) is 12.2. The smallest absolute Gasteiger partial charge is 0.292 e. The number of hydrogen-bond acceptors (Lipinski definition) is 4. The standard InChI is InChI=1S/C14H13FN2O4S/c15-8-1-2-12-10(5-8)11(6-16-12)13(18)14(19)17-9-3-4-22(20,21)7-9/h1-2,5-6,9,16H,3-4,7H2,(H,17,19). The van der Waals surface area contributed by atoms with Gasteiger partial charge < -0.3 is 10.3 Å². The number of benzene rings is 1. The Morgan fingerprint density at radius 1 is 1.32 bits per heavy atom. The van der Waals surface area contributed by atoms with Crippen LogP contribution in [0.4, 0.5) is 4.39 Å². The van der Waals surface area contributed by atoms with Crippen molar-refractivity contribution >= 4 is 32.4 Å². The van der Waals surface area contributed by atoms with E-state index in [1.54, 1.807) is 0 Å². The first-order valence-corrected chi connectivity index (χ1v) is 8.50. The van der Waals surface area contributed by atoms with Crippen LogP contribution in [0.2, 0.25) is 0 Å². The average Bonchev–Trinajstić information content (AvgIpc) is 3.00. The molecule has 0 bridgehead atoms. The largest absolute Gasteiger partial charge is 0.360 e. The molecular weight excluding hydrogens is 311 g/mol. The lowest BCUT2D eigenvalue weighted by atomic mass is 10.1. The molecule has 2 N–H and O–H groups in total. The van der Waals surface area contributed by atoms with Crippen LogP contribution in [0.1, 0.15) is 16.8 Å². The normalized spacial score (nSPS) is 20.1. The molecule has 0 radical (unpaired) electrons. The lowest BCUT2D eigenvalue weighted by Crippen LogP contribution is -2.39. The van der Waals surface area contributed by atoms with E-state index in [0.717, 1.165) is 0 Å². The lowest BCUT2D eigenvalue weighted by Gasteiger charge is -2.09. The highest BCUT2D eigenvalue weighted by Crippen LogP contribution is 2.20. The van der Waals surface area contributed by atoms with E-state index >= 15 is 0 Å². The number of Topliss-reactive ketones (excluding diaryl/α,β-unsaturated/α-hetero) is 1. The number of nitrogens with one attached hydrogen (secondary N) is 2. The fourth-order valence-electron chi connectivity index (χ4n) is 2.56. The number of H-pyrrole nitrogens is 1. The number of sulfone groups is 1. The minimum Gasteiger partial charge on any atom is -0.360 e. The van der Waals surface area contributed by atoms with Crippen molar-refractivity contribution in [2.75, 3.05) is 11.5 Å². The summed E-state index contributed by atoms with van der Waals surface area (Å²) >= 11 is 0. The maximum absolute atomic E-state index is 13.3. The molecule has 22 heavy (non-hydrogen) atoms. The van der Waals surface area contributed by atoms with Gasteiger partial charge in [0, 0.05) is 23.1 Å². The van der Waals surface area contributed by atoms with Crippen LogP contribution in [-0.2, 0) is 14.6 Å². The number of halogens is 1. The Morgan fingerprint density at radius 3 is 2.77 bits per heavy atom. The molecule has 1 fully saturated rings. The molecule has 3 rings (SSSR count). The molecule has 1 unspecified atom stereocenters. The molecule has 0 spiro atoms. The molecule has 1 aromatic carbocycles. The van der Waals surface area contributed by atoms with Crippen LogP contribution in [0, 0.1) is 5.82 Å². The molecule has 2 heterocycles. The van der Waals surface area contributed by atoms with Crippen molar-refractivity contribution < 1.29 is 22.4 Å². The van der Waals surface area contributed by atoms with E-state index in [4.69, 9.17) is 0 Å². The monoisotopic (exact) mass is 324 g/mol. The summed E-state index contributed by atoms with van der Waals surface area (Å²) in [6.07, 6.45) is 1.64. The second-order valence-electron chi connectivity index (χ2n) is 5.29. The Kier molecular flexibility index (Phi) is 3.48. The number of fused-ring (bicyclic) bond motifs is 1. The number of aromatic nitrogens is 1. The van der Waals surface area contributed by atoms with E-state index in [1.165, 1.54) is 24.4 Å². The minimum absolute atomic E-state index is 0.00440. The van der Waals surface area contributed by atoms with Gasteiger partial charge >= 0.3 is 0 Å². The van der Waals surface area contributed by atoms with Gasteiger partial charge in [0.2, 0.25) is 0 Å². The fraction of sp³-hybridized carbons (Fsp3) is 0.286. The number of carbonyl (C=O) groups is 2. The van der Waals surface area contributed by atoms with Gasteiger partial charge in [0.25, 0.3) is 11.7 Å². The molecule has 1 atom stereocenters. The van der Waals surface area contributed by atoms with Gasteiger partial charge in [-0.3, -0.25) is 9.59 Å². The predicted molar refractivity (Wildman–Crippen MR) is 77.8 cm³/mol. The Balaban J connectivity index is 1.80. The van der Waals surface area contributed by atoms with Gasteiger partial charge in [-0.05, 0) is 24.6 Å². The Hall–Kier alpha value is -2.22. The number of aromatic amines is 1. The maximum Gasteiger partial charge on any atom is 0.292 e.